The Kier molecular flexibility index (Phi) is 4.18. The zero-order valence-electron chi connectivity index (χ0n) is 8.19. The third kappa shape index (κ3) is 2.67. The van der Waals surface area contributed by atoms with Crippen molar-refractivity contribution in [1.29, 1.82) is 0 Å². The fraction of sp³-hybridized carbons (Fsp3) is 0.889. The van der Waals surface area contributed by atoms with E-state index in [2.05, 4.69) is 11.9 Å². The number of ether oxygens (including phenoxy) is 2. The summed E-state index contributed by atoms with van der Waals surface area (Å²) >= 11 is 0. The van der Waals surface area contributed by atoms with E-state index in [4.69, 9.17) is 14.6 Å². The molecule has 1 N–H and O–H groups in total. The number of nitrogens with zero attached hydrogens (tertiary/aromatic N) is 1. The molecule has 1 aliphatic heterocycles. The van der Waals surface area contributed by atoms with E-state index in [0.717, 1.165) is 12.8 Å². The second-order valence-corrected chi connectivity index (χ2v) is 3.11. The summed E-state index contributed by atoms with van der Waals surface area (Å²) in [4.78, 5) is 4.19. The Morgan fingerprint density at radius 2 is 2.54 bits per heavy atom. The van der Waals surface area contributed by atoms with Crippen molar-refractivity contribution in [3.05, 3.63) is 0 Å². The Morgan fingerprint density at radius 1 is 1.77 bits per heavy atom. The smallest absolute Gasteiger partial charge is 0.213 e. The van der Waals surface area contributed by atoms with Crippen molar-refractivity contribution >= 4 is 5.90 Å². The maximum Gasteiger partial charge on any atom is 0.213 e. The van der Waals surface area contributed by atoms with E-state index >= 15 is 0 Å². The van der Waals surface area contributed by atoms with Crippen LogP contribution in [0.4, 0.5) is 0 Å². The van der Waals surface area contributed by atoms with Crippen molar-refractivity contribution in [3.63, 3.8) is 0 Å². The minimum atomic E-state index is -0.162. The number of hydrogen-bond donors (Lipinski definition) is 1. The van der Waals surface area contributed by atoms with Gasteiger partial charge in [-0.3, -0.25) is 0 Å². The van der Waals surface area contributed by atoms with Crippen molar-refractivity contribution in [3.8, 4) is 0 Å². The highest BCUT2D eigenvalue weighted by Gasteiger charge is 2.25. The Hall–Kier alpha value is -0.610. The second-order valence-electron chi connectivity index (χ2n) is 3.11. The van der Waals surface area contributed by atoms with Crippen LogP contribution in [-0.4, -0.2) is 43.5 Å². The third-order valence-electron chi connectivity index (χ3n) is 2.05. The van der Waals surface area contributed by atoms with Gasteiger partial charge in [-0.2, -0.15) is 0 Å². The van der Waals surface area contributed by atoms with Crippen LogP contribution in [0, 0.1) is 0 Å². The molecule has 1 heterocycles. The average Bonchev–Trinajstić information content (AvgIpc) is 2.62. The molecule has 0 aromatic rings. The summed E-state index contributed by atoms with van der Waals surface area (Å²) in [5.74, 6) is 0.642. The van der Waals surface area contributed by atoms with Crippen molar-refractivity contribution in [2.75, 3.05) is 20.3 Å². The van der Waals surface area contributed by atoms with Crippen molar-refractivity contribution in [2.24, 2.45) is 4.99 Å². The predicted molar refractivity (Wildman–Crippen MR) is 50.0 cm³/mol. The lowest BCUT2D eigenvalue weighted by molar-refractivity contribution is 0.0873. The number of methoxy groups -OCH3 is 1. The van der Waals surface area contributed by atoms with Gasteiger partial charge in [-0.25, -0.2) is 4.99 Å². The SMILES string of the molecule is CCC[C@@H](OC)C1=NC[C@H](CO)O1. The van der Waals surface area contributed by atoms with E-state index in [1.807, 2.05) is 0 Å². The van der Waals surface area contributed by atoms with E-state index in [0.29, 0.717) is 12.4 Å². The highest BCUT2D eigenvalue weighted by atomic mass is 16.6. The standard InChI is InChI=1S/C9H17NO3/c1-3-4-8(12-2)9-10-5-7(6-11)13-9/h7-8,11H,3-6H2,1-2H3/t7-,8-/m1/s1. The van der Waals surface area contributed by atoms with Gasteiger partial charge in [0.25, 0.3) is 0 Å². The molecule has 0 saturated carbocycles. The lowest BCUT2D eigenvalue weighted by atomic mass is 10.2. The monoisotopic (exact) mass is 187 g/mol. The molecule has 0 radical (unpaired) electrons. The first-order valence-corrected chi connectivity index (χ1v) is 4.66. The molecule has 2 atom stereocenters. The molecule has 0 spiro atoms. The molecule has 0 aliphatic carbocycles. The quantitative estimate of drug-likeness (QED) is 0.685. The fourth-order valence-electron chi connectivity index (χ4n) is 1.31. The maximum atomic E-state index is 8.83. The minimum Gasteiger partial charge on any atom is -0.471 e. The normalized spacial score (nSPS) is 23.9. The Labute approximate surface area is 78.6 Å². The predicted octanol–water partition coefficient (Wildman–Crippen LogP) is 0.591. The van der Waals surface area contributed by atoms with Crippen LogP contribution in [0.5, 0.6) is 0 Å². The molecule has 0 aromatic carbocycles. The van der Waals surface area contributed by atoms with Crippen LogP contribution in [0.2, 0.25) is 0 Å². The van der Waals surface area contributed by atoms with Crippen molar-refractivity contribution < 1.29 is 14.6 Å². The molecule has 1 rings (SSSR count). The van der Waals surface area contributed by atoms with Gasteiger partial charge in [0.2, 0.25) is 5.90 Å². The number of rotatable bonds is 5. The summed E-state index contributed by atoms with van der Waals surface area (Å²) in [5, 5.41) is 8.83. The van der Waals surface area contributed by atoms with Gasteiger partial charge in [0.15, 0.2) is 0 Å². The largest absolute Gasteiger partial charge is 0.471 e. The first kappa shape index (κ1) is 10.5. The summed E-state index contributed by atoms with van der Waals surface area (Å²) in [7, 11) is 1.65. The topological polar surface area (TPSA) is 51.0 Å². The van der Waals surface area contributed by atoms with E-state index in [1.165, 1.54) is 0 Å². The molecular weight excluding hydrogens is 170 g/mol. The maximum absolute atomic E-state index is 8.83. The number of aliphatic hydroxyl groups is 1. The average molecular weight is 187 g/mol. The van der Waals surface area contributed by atoms with Crippen LogP contribution in [0.25, 0.3) is 0 Å². The minimum absolute atomic E-state index is 0.0234. The molecule has 4 nitrogen and oxygen atoms in total. The second kappa shape index (κ2) is 5.19. The van der Waals surface area contributed by atoms with Crippen LogP contribution in [0.1, 0.15) is 19.8 Å². The molecular formula is C9H17NO3. The van der Waals surface area contributed by atoms with Crippen LogP contribution in [0.15, 0.2) is 4.99 Å². The summed E-state index contributed by atoms with van der Waals surface area (Å²) < 4.78 is 10.6. The van der Waals surface area contributed by atoms with Crippen LogP contribution >= 0.6 is 0 Å². The summed E-state index contributed by atoms with van der Waals surface area (Å²) in [6.07, 6.45) is 1.74. The molecule has 0 saturated heterocycles. The molecule has 0 amide bonds. The highest BCUT2D eigenvalue weighted by molar-refractivity contribution is 5.82. The van der Waals surface area contributed by atoms with E-state index in [9.17, 15) is 0 Å². The first-order chi connectivity index (χ1) is 6.31. The number of aliphatic imine (C=N–C) groups is 1. The third-order valence-corrected chi connectivity index (χ3v) is 2.05. The van der Waals surface area contributed by atoms with Crippen LogP contribution in [0.3, 0.4) is 0 Å². The van der Waals surface area contributed by atoms with Gasteiger partial charge in [0.1, 0.15) is 12.2 Å². The van der Waals surface area contributed by atoms with Gasteiger partial charge >= 0.3 is 0 Å². The van der Waals surface area contributed by atoms with E-state index < -0.39 is 0 Å². The molecule has 13 heavy (non-hydrogen) atoms. The van der Waals surface area contributed by atoms with Gasteiger partial charge in [0.05, 0.1) is 13.2 Å². The highest BCUT2D eigenvalue weighted by Crippen LogP contribution is 2.12. The molecule has 4 heteroatoms. The Bertz CT molecular complexity index is 182. The molecule has 0 unspecified atom stereocenters. The molecule has 1 aliphatic rings. The summed E-state index contributed by atoms with van der Waals surface area (Å²) in [6.45, 7) is 2.66. The molecule has 76 valence electrons. The zero-order chi connectivity index (χ0) is 9.68. The van der Waals surface area contributed by atoms with Crippen molar-refractivity contribution in [1.82, 2.24) is 0 Å². The van der Waals surface area contributed by atoms with Gasteiger partial charge in [-0.1, -0.05) is 13.3 Å². The molecule has 0 bridgehead atoms. The lowest BCUT2D eigenvalue weighted by Gasteiger charge is -2.15. The molecule has 0 fully saturated rings. The first-order valence-electron chi connectivity index (χ1n) is 4.66. The van der Waals surface area contributed by atoms with Crippen LogP contribution in [-0.2, 0) is 9.47 Å². The van der Waals surface area contributed by atoms with E-state index in [1.54, 1.807) is 7.11 Å². The number of hydrogen-bond acceptors (Lipinski definition) is 4. The molecule has 0 aromatic heterocycles. The lowest BCUT2D eigenvalue weighted by Crippen LogP contribution is -2.26. The van der Waals surface area contributed by atoms with Crippen LogP contribution < -0.4 is 0 Å². The Balaban J connectivity index is 2.42. The summed E-state index contributed by atoms with van der Waals surface area (Å²) in [6, 6.07) is 0. The van der Waals surface area contributed by atoms with Gasteiger partial charge in [-0.15, -0.1) is 0 Å². The summed E-state index contributed by atoms with van der Waals surface area (Å²) in [5.41, 5.74) is 0. The van der Waals surface area contributed by atoms with Crippen molar-refractivity contribution in [2.45, 2.75) is 32.0 Å². The fourth-order valence-corrected chi connectivity index (χ4v) is 1.31. The number of aliphatic hydroxyl groups excluding tert-OH is 1. The van der Waals surface area contributed by atoms with E-state index in [-0.39, 0.29) is 18.8 Å². The van der Waals surface area contributed by atoms with Gasteiger partial charge in [0, 0.05) is 7.11 Å². The van der Waals surface area contributed by atoms with Gasteiger partial charge < -0.3 is 14.6 Å². The zero-order valence-corrected chi connectivity index (χ0v) is 8.19. The Morgan fingerprint density at radius 3 is 3.00 bits per heavy atom. The van der Waals surface area contributed by atoms with Gasteiger partial charge in [-0.05, 0) is 6.42 Å².